The molecule has 2 nitrogen and oxygen atoms in total. The van der Waals surface area contributed by atoms with Gasteiger partial charge in [-0.3, -0.25) is 0 Å². The Morgan fingerprint density at radius 3 is 2.81 bits per heavy atom. The Bertz CT molecular complexity index is 451. The van der Waals surface area contributed by atoms with Gasteiger partial charge in [0.2, 0.25) is 0 Å². The Hall–Kier alpha value is -1.25. The third kappa shape index (κ3) is 2.87. The first-order valence-electron chi connectivity index (χ1n) is 5.24. The molecule has 1 aromatic carbocycles. The van der Waals surface area contributed by atoms with Crippen LogP contribution in [0.5, 0.6) is 0 Å². The van der Waals surface area contributed by atoms with Crippen molar-refractivity contribution in [3.63, 3.8) is 0 Å². The van der Waals surface area contributed by atoms with Crippen molar-refractivity contribution in [1.82, 2.24) is 5.32 Å². The maximum absolute atomic E-state index is 6.13. The summed E-state index contributed by atoms with van der Waals surface area (Å²) in [5.74, 6) is 0.934. The molecule has 0 saturated carbocycles. The van der Waals surface area contributed by atoms with Gasteiger partial charge in [-0.1, -0.05) is 23.7 Å². The summed E-state index contributed by atoms with van der Waals surface area (Å²) >= 11 is 6.13. The summed E-state index contributed by atoms with van der Waals surface area (Å²) in [6.07, 6.45) is 1.68. The Morgan fingerprint density at radius 1 is 1.25 bits per heavy atom. The largest absolute Gasteiger partial charge is 0.468 e. The molecule has 0 atom stereocenters. The zero-order valence-corrected chi connectivity index (χ0v) is 9.92. The maximum atomic E-state index is 6.13. The monoisotopic (exact) mass is 235 g/mol. The van der Waals surface area contributed by atoms with Crippen LogP contribution in [-0.2, 0) is 13.1 Å². The molecule has 16 heavy (non-hydrogen) atoms. The average molecular weight is 236 g/mol. The molecular weight excluding hydrogens is 222 g/mol. The highest BCUT2D eigenvalue weighted by Crippen LogP contribution is 2.17. The quantitative estimate of drug-likeness (QED) is 0.877. The molecule has 0 aliphatic heterocycles. The molecule has 0 aliphatic rings. The molecule has 1 N–H and O–H groups in total. The van der Waals surface area contributed by atoms with Crippen LogP contribution in [0, 0.1) is 6.92 Å². The van der Waals surface area contributed by atoms with Gasteiger partial charge in [0.05, 0.1) is 12.8 Å². The van der Waals surface area contributed by atoms with Crippen LogP contribution in [0.25, 0.3) is 0 Å². The highest BCUT2D eigenvalue weighted by atomic mass is 35.5. The number of benzene rings is 1. The number of furan rings is 1. The molecule has 0 unspecified atom stereocenters. The van der Waals surface area contributed by atoms with E-state index in [2.05, 4.69) is 11.4 Å². The molecule has 3 heteroatoms. The number of nitrogens with one attached hydrogen (secondary N) is 1. The topological polar surface area (TPSA) is 25.2 Å². The van der Waals surface area contributed by atoms with Crippen molar-refractivity contribution in [2.24, 2.45) is 0 Å². The number of rotatable bonds is 4. The molecule has 1 heterocycles. The summed E-state index contributed by atoms with van der Waals surface area (Å²) in [7, 11) is 0. The minimum absolute atomic E-state index is 0.719. The number of aryl methyl sites for hydroxylation is 1. The van der Waals surface area contributed by atoms with Crippen molar-refractivity contribution >= 4 is 11.6 Å². The van der Waals surface area contributed by atoms with E-state index in [1.807, 2.05) is 31.2 Å². The van der Waals surface area contributed by atoms with Gasteiger partial charge in [0.15, 0.2) is 0 Å². The van der Waals surface area contributed by atoms with Gasteiger partial charge in [-0.2, -0.15) is 0 Å². The summed E-state index contributed by atoms with van der Waals surface area (Å²) in [6.45, 7) is 3.50. The van der Waals surface area contributed by atoms with Gasteiger partial charge in [0.1, 0.15) is 5.76 Å². The summed E-state index contributed by atoms with van der Waals surface area (Å²) < 4.78 is 5.23. The predicted molar refractivity (Wildman–Crippen MR) is 65.4 cm³/mol. The smallest absolute Gasteiger partial charge is 0.117 e. The molecule has 2 rings (SSSR count). The van der Waals surface area contributed by atoms with E-state index in [1.165, 1.54) is 5.56 Å². The van der Waals surface area contributed by atoms with E-state index in [0.717, 1.165) is 29.4 Å². The molecule has 84 valence electrons. The summed E-state index contributed by atoms with van der Waals surface area (Å²) in [4.78, 5) is 0. The van der Waals surface area contributed by atoms with Crippen LogP contribution in [0.2, 0.25) is 5.02 Å². The lowest BCUT2D eigenvalue weighted by Gasteiger charge is -2.06. The lowest BCUT2D eigenvalue weighted by atomic mass is 10.1. The molecule has 0 amide bonds. The predicted octanol–water partition coefficient (Wildman–Crippen LogP) is 3.53. The number of hydrogen-bond donors (Lipinski definition) is 1. The van der Waals surface area contributed by atoms with Crippen LogP contribution >= 0.6 is 11.6 Å². The highest BCUT2D eigenvalue weighted by Gasteiger charge is 2.00. The summed E-state index contributed by atoms with van der Waals surface area (Å²) in [5.41, 5.74) is 2.29. The van der Waals surface area contributed by atoms with Gasteiger partial charge < -0.3 is 9.73 Å². The first kappa shape index (κ1) is 11.2. The van der Waals surface area contributed by atoms with Crippen LogP contribution < -0.4 is 5.32 Å². The zero-order chi connectivity index (χ0) is 11.4. The van der Waals surface area contributed by atoms with E-state index < -0.39 is 0 Å². The second kappa shape index (κ2) is 5.19. The van der Waals surface area contributed by atoms with E-state index >= 15 is 0 Å². The molecular formula is C13H14ClNO. The minimum Gasteiger partial charge on any atom is -0.468 e. The first-order valence-corrected chi connectivity index (χ1v) is 5.61. The second-order valence-corrected chi connectivity index (χ2v) is 4.18. The Balaban J connectivity index is 1.90. The van der Waals surface area contributed by atoms with Crippen molar-refractivity contribution in [2.75, 3.05) is 0 Å². The standard InChI is InChI=1S/C13H14ClNO/c1-10-4-5-11(13(14)7-10)8-15-9-12-3-2-6-16-12/h2-7,15H,8-9H2,1H3. The molecule has 0 aliphatic carbocycles. The normalized spacial score (nSPS) is 10.6. The van der Waals surface area contributed by atoms with Gasteiger partial charge in [-0.05, 0) is 36.2 Å². The highest BCUT2D eigenvalue weighted by molar-refractivity contribution is 6.31. The Morgan fingerprint density at radius 2 is 2.12 bits per heavy atom. The van der Waals surface area contributed by atoms with Crippen molar-refractivity contribution in [1.29, 1.82) is 0 Å². The Kier molecular flexibility index (Phi) is 3.65. The molecule has 0 fully saturated rings. The van der Waals surface area contributed by atoms with Gasteiger partial charge >= 0.3 is 0 Å². The fourth-order valence-electron chi connectivity index (χ4n) is 1.53. The van der Waals surface area contributed by atoms with Crippen molar-refractivity contribution in [3.05, 3.63) is 58.5 Å². The van der Waals surface area contributed by atoms with Crippen LogP contribution in [0.15, 0.2) is 41.0 Å². The van der Waals surface area contributed by atoms with Gasteiger partial charge in [0.25, 0.3) is 0 Å². The van der Waals surface area contributed by atoms with Crippen molar-refractivity contribution < 1.29 is 4.42 Å². The van der Waals surface area contributed by atoms with Crippen molar-refractivity contribution in [3.8, 4) is 0 Å². The first-order chi connectivity index (χ1) is 7.75. The average Bonchev–Trinajstić information content (AvgIpc) is 2.74. The molecule has 2 aromatic rings. The van der Waals surface area contributed by atoms with E-state index in [-0.39, 0.29) is 0 Å². The van der Waals surface area contributed by atoms with E-state index in [9.17, 15) is 0 Å². The van der Waals surface area contributed by atoms with E-state index in [0.29, 0.717) is 0 Å². The number of halogens is 1. The van der Waals surface area contributed by atoms with E-state index in [4.69, 9.17) is 16.0 Å². The fourth-order valence-corrected chi connectivity index (χ4v) is 1.83. The van der Waals surface area contributed by atoms with Crippen LogP contribution in [0.1, 0.15) is 16.9 Å². The molecule has 0 saturated heterocycles. The van der Waals surface area contributed by atoms with Crippen molar-refractivity contribution in [2.45, 2.75) is 20.0 Å². The van der Waals surface area contributed by atoms with Gasteiger partial charge in [-0.15, -0.1) is 0 Å². The molecule has 0 radical (unpaired) electrons. The second-order valence-electron chi connectivity index (χ2n) is 3.78. The van der Waals surface area contributed by atoms with Gasteiger partial charge in [0, 0.05) is 11.6 Å². The number of hydrogen-bond acceptors (Lipinski definition) is 2. The molecule has 0 spiro atoms. The Labute approximate surface area is 100 Å². The molecule has 1 aromatic heterocycles. The van der Waals surface area contributed by atoms with E-state index in [1.54, 1.807) is 6.26 Å². The summed E-state index contributed by atoms with van der Waals surface area (Å²) in [6, 6.07) is 9.92. The van der Waals surface area contributed by atoms with Crippen LogP contribution in [0.3, 0.4) is 0 Å². The minimum atomic E-state index is 0.719. The van der Waals surface area contributed by atoms with Crippen LogP contribution in [0.4, 0.5) is 0 Å². The third-order valence-electron chi connectivity index (χ3n) is 2.40. The fraction of sp³-hybridized carbons (Fsp3) is 0.231. The maximum Gasteiger partial charge on any atom is 0.117 e. The summed E-state index contributed by atoms with van der Waals surface area (Å²) in [5, 5.41) is 4.10. The van der Waals surface area contributed by atoms with Crippen LogP contribution in [-0.4, -0.2) is 0 Å². The SMILES string of the molecule is Cc1ccc(CNCc2ccco2)c(Cl)c1. The molecule has 0 bridgehead atoms. The van der Waals surface area contributed by atoms with Gasteiger partial charge in [-0.25, -0.2) is 0 Å². The lowest BCUT2D eigenvalue weighted by Crippen LogP contribution is -2.12. The zero-order valence-electron chi connectivity index (χ0n) is 9.16. The third-order valence-corrected chi connectivity index (χ3v) is 2.76. The lowest BCUT2D eigenvalue weighted by molar-refractivity contribution is 0.483.